The van der Waals surface area contributed by atoms with Crippen molar-refractivity contribution in [3.8, 4) is 0 Å². The third kappa shape index (κ3) is 4.27. The van der Waals surface area contributed by atoms with Crippen LogP contribution >= 0.6 is 0 Å². The first-order valence-electron chi connectivity index (χ1n) is 8.48. The predicted molar refractivity (Wildman–Crippen MR) is 95.3 cm³/mol. The van der Waals surface area contributed by atoms with Crippen molar-refractivity contribution < 1.29 is 14.4 Å². The lowest BCUT2D eigenvalue weighted by atomic mass is 10.1. The van der Waals surface area contributed by atoms with Crippen LogP contribution in [0, 0.1) is 0 Å². The Hall–Kier alpha value is -3.16. The second-order valence-corrected chi connectivity index (χ2v) is 6.19. The van der Waals surface area contributed by atoms with Gasteiger partial charge in [0.1, 0.15) is 6.04 Å². The van der Waals surface area contributed by atoms with Gasteiger partial charge in [-0.2, -0.15) is 5.10 Å². The quantitative estimate of drug-likeness (QED) is 0.732. The van der Waals surface area contributed by atoms with Gasteiger partial charge in [0.2, 0.25) is 5.91 Å². The lowest BCUT2D eigenvalue weighted by Crippen LogP contribution is -2.33. The highest BCUT2D eigenvalue weighted by Gasteiger charge is 2.37. The van der Waals surface area contributed by atoms with Crippen LogP contribution in [-0.4, -0.2) is 45.1 Å². The van der Waals surface area contributed by atoms with E-state index >= 15 is 0 Å². The van der Waals surface area contributed by atoms with Gasteiger partial charge in [-0.05, 0) is 18.4 Å². The Balaban J connectivity index is 1.48. The molecule has 0 aliphatic carbocycles. The summed E-state index contributed by atoms with van der Waals surface area (Å²) < 4.78 is 1.58. The molecule has 1 aliphatic heterocycles. The Morgan fingerprint density at radius 1 is 1.23 bits per heavy atom. The topological polar surface area (TPSA) is 96.3 Å². The first kappa shape index (κ1) is 17.7. The minimum atomic E-state index is -0.659. The lowest BCUT2D eigenvalue weighted by Gasteiger charge is -2.13. The number of benzene rings is 1. The van der Waals surface area contributed by atoms with Gasteiger partial charge in [-0.15, -0.1) is 0 Å². The van der Waals surface area contributed by atoms with E-state index in [0.717, 1.165) is 5.56 Å². The molecule has 1 aromatic carbocycles. The maximum atomic E-state index is 12.4. The zero-order chi connectivity index (χ0) is 18.5. The molecule has 4 amide bonds. The Morgan fingerprint density at radius 2 is 2.00 bits per heavy atom. The summed E-state index contributed by atoms with van der Waals surface area (Å²) in [5, 5.41) is 9.38. The van der Waals surface area contributed by atoms with E-state index in [1.807, 2.05) is 30.3 Å². The summed E-state index contributed by atoms with van der Waals surface area (Å²) >= 11 is 0. The molecule has 1 aromatic heterocycles. The summed E-state index contributed by atoms with van der Waals surface area (Å²) in [6, 6.07) is 10.3. The van der Waals surface area contributed by atoms with Crippen molar-refractivity contribution in [3.63, 3.8) is 0 Å². The molecular weight excluding hydrogens is 334 g/mol. The van der Waals surface area contributed by atoms with Gasteiger partial charge >= 0.3 is 6.03 Å². The monoisotopic (exact) mass is 355 g/mol. The van der Waals surface area contributed by atoms with Crippen molar-refractivity contribution in [3.05, 3.63) is 48.2 Å². The number of imide groups is 1. The molecule has 0 spiro atoms. The Kier molecular flexibility index (Phi) is 5.31. The van der Waals surface area contributed by atoms with E-state index in [9.17, 15) is 14.4 Å². The maximum absolute atomic E-state index is 12.4. The highest BCUT2D eigenvalue weighted by Crippen LogP contribution is 2.13. The van der Waals surface area contributed by atoms with E-state index in [4.69, 9.17) is 0 Å². The summed E-state index contributed by atoms with van der Waals surface area (Å²) in [5.74, 6) is -0.0613. The fourth-order valence-electron chi connectivity index (χ4n) is 2.83. The Morgan fingerprint density at radius 3 is 2.69 bits per heavy atom. The molecule has 1 aliphatic rings. The van der Waals surface area contributed by atoms with E-state index in [-0.39, 0.29) is 24.7 Å². The van der Waals surface area contributed by atoms with Crippen LogP contribution in [0.1, 0.15) is 18.4 Å². The molecule has 136 valence electrons. The molecule has 8 heteroatoms. The van der Waals surface area contributed by atoms with Gasteiger partial charge in [0, 0.05) is 32.3 Å². The fourth-order valence-corrected chi connectivity index (χ4v) is 2.83. The number of nitrogens with one attached hydrogen (secondary N) is 2. The summed E-state index contributed by atoms with van der Waals surface area (Å²) in [7, 11) is 1.76. The molecule has 0 radical (unpaired) electrons. The van der Waals surface area contributed by atoms with Gasteiger partial charge in [0.15, 0.2) is 5.82 Å². The second-order valence-electron chi connectivity index (χ2n) is 6.19. The van der Waals surface area contributed by atoms with Gasteiger partial charge in [-0.25, -0.2) is 4.79 Å². The van der Waals surface area contributed by atoms with Crippen LogP contribution in [0.2, 0.25) is 0 Å². The second kappa shape index (κ2) is 7.81. The van der Waals surface area contributed by atoms with Gasteiger partial charge < -0.3 is 10.6 Å². The summed E-state index contributed by atoms with van der Waals surface area (Å²) in [6.45, 7) is 0.325. The minimum Gasteiger partial charge on any atom is -0.326 e. The highest BCUT2D eigenvalue weighted by molar-refractivity contribution is 6.04. The molecule has 0 saturated carbocycles. The number of anilines is 1. The van der Waals surface area contributed by atoms with Crippen LogP contribution in [-0.2, 0) is 23.1 Å². The summed E-state index contributed by atoms with van der Waals surface area (Å²) in [5.41, 5.74) is 1.06. The van der Waals surface area contributed by atoms with E-state index in [0.29, 0.717) is 18.8 Å². The highest BCUT2D eigenvalue weighted by atomic mass is 16.2. The average molecular weight is 355 g/mol. The molecule has 0 bridgehead atoms. The predicted octanol–water partition coefficient (Wildman–Crippen LogP) is 1.30. The zero-order valence-corrected chi connectivity index (χ0v) is 14.5. The third-order valence-corrected chi connectivity index (χ3v) is 4.22. The van der Waals surface area contributed by atoms with Crippen LogP contribution < -0.4 is 10.6 Å². The first-order valence-corrected chi connectivity index (χ1v) is 8.48. The van der Waals surface area contributed by atoms with Crippen LogP contribution in [0.3, 0.4) is 0 Å². The third-order valence-electron chi connectivity index (χ3n) is 4.22. The number of carbonyl (C=O) groups is 3. The van der Waals surface area contributed by atoms with Gasteiger partial charge in [0.25, 0.3) is 5.91 Å². The van der Waals surface area contributed by atoms with Crippen LogP contribution in [0.4, 0.5) is 10.6 Å². The number of aryl methyl sites for hydroxylation is 1. The van der Waals surface area contributed by atoms with Gasteiger partial charge in [0.05, 0.1) is 0 Å². The standard InChI is InChI=1S/C18H21N5O3/c1-22-11-10-15(21-22)20-16(24)8-7-14-17(25)23(18(26)19-14)12-9-13-5-3-2-4-6-13/h2-6,10-11,14H,7-9,12H2,1H3,(H,19,26)(H,20,21,24). The van der Waals surface area contributed by atoms with Crippen molar-refractivity contribution in [1.82, 2.24) is 20.0 Å². The molecule has 1 saturated heterocycles. The molecule has 3 rings (SSSR count). The van der Waals surface area contributed by atoms with Crippen molar-refractivity contribution in [1.29, 1.82) is 0 Å². The van der Waals surface area contributed by atoms with Crippen molar-refractivity contribution in [2.75, 3.05) is 11.9 Å². The molecule has 1 fully saturated rings. The Labute approximate surface area is 151 Å². The molecule has 2 heterocycles. The van der Waals surface area contributed by atoms with Crippen molar-refractivity contribution in [2.45, 2.75) is 25.3 Å². The van der Waals surface area contributed by atoms with E-state index < -0.39 is 12.1 Å². The zero-order valence-electron chi connectivity index (χ0n) is 14.5. The number of aromatic nitrogens is 2. The molecule has 2 aromatic rings. The SMILES string of the molecule is Cn1ccc(NC(=O)CCC2NC(=O)N(CCc3ccccc3)C2=O)n1. The molecule has 8 nitrogen and oxygen atoms in total. The van der Waals surface area contributed by atoms with E-state index in [1.54, 1.807) is 24.0 Å². The summed E-state index contributed by atoms with van der Waals surface area (Å²) in [6.07, 6.45) is 2.71. The van der Waals surface area contributed by atoms with Gasteiger partial charge in [-0.1, -0.05) is 30.3 Å². The number of carbonyl (C=O) groups excluding carboxylic acids is 3. The minimum absolute atomic E-state index is 0.125. The molecule has 26 heavy (non-hydrogen) atoms. The number of hydrogen-bond acceptors (Lipinski definition) is 4. The van der Waals surface area contributed by atoms with Crippen molar-refractivity contribution >= 4 is 23.7 Å². The average Bonchev–Trinajstić information content (AvgIpc) is 3.15. The van der Waals surface area contributed by atoms with E-state index in [1.165, 1.54) is 4.90 Å². The van der Waals surface area contributed by atoms with E-state index in [2.05, 4.69) is 15.7 Å². The normalized spacial score (nSPS) is 16.7. The number of nitrogens with zero attached hydrogens (tertiary/aromatic N) is 3. The molecule has 2 N–H and O–H groups in total. The van der Waals surface area contributed by atoms with Crippen LogP contribution in [0.5, 0.6) is 0 Å². The Bertz CT molecular complexity index is 802. The van der Waals surface area contributed by atoms with Crippen LogP contribution in [0.25, 0.3) is 0 Å². The fraction of sp³-hybridized carbons (Fsp3) is 0.333. The molecular formula is C18H21N5O3. The number of urea groups is 1. The number of rotatable bonds is 7. The summed E-state index contributed by atoms with van der Waals surface area (Å²) in [4.78, 5) is 37.6. The molecule has 1 unspecified atom stereocenters. The van der Waals surface area contributed by atoms with Crippen LogP contribution in [0.15, 0.2) is 42.6 Å². The number of hydrogen-bond donors (Lipinski definition) is 2. The lowest BCUT2D eigenvalue weighted by molar-refractivity contribution is -0.127. The molecule has 1 atom stereocenters. The largest absolute Gasteiger partial charge is 0.326 e. The first-order chi connectivity index (χ1) is 12.5. The van der Waals surface area contributed by atoms with Gasteiger partial charge in [-0.3, -0.25) is 19.2 Å². The maximum Gasteiger partial charge on any atom is 0.324 e. The number of amides is 4. The smallest absolute Gasteiger partial charge is 0.324 e. The van der Waals surface area contributed by atoms with Crippen molar-refractivity contribution in [2.24, 2.45) is 7.05 Å².